The number of hydrogen-bond acceptors (Lipinski definition) is 3. The third-order valence-corrected chi connectivity index (χ3v) is 3.33. The minimum absolute atomic E-state index is 0.0399. The molecule has 3 rings (SSSR count). The van der Waals surface area contributed by atoms with Crippen molar-refractivity contribution in [3.05, 3.63) is 65.3 Å². The van der Waals surface area contributed by atoms with E-state index in [2.05, 4.69) is 4.98 Å². The van der Waals surface area contributed by atoms with Crippen LogP contribution in [0.25, 0.3) is 10.8 Å². The van der Waals surface area contributed by atoms with Crippen molar-refractivity contribution < 1.29 is 14.6 Å². The Bertz CT molecular complexity index is 827. The van der Waals surface area contributed by atoms with Crippen LogP contribution in [0.3, 0.4) is 0 Å². The number of ether oxygens (including phenoxy) is 1. The van der Waals surface area contributed by atoms with E-state index in [1.165, 1.54) is 12.3 Å². The Balaban J connectivity index is 2.03. The zero-order valence-corrected chi connectivity index (χ0v) is 11.5. The van der Waals surface area contributed by atoms with E-state index < -0.39 is 5.97 Å². The van der Waals surface area contributed by atoms with Crippen molar-refractivity contribution in [3.8, 4) is 11.6 Å². The van der Waals surface area contributed by atoms with Gasteiger partial charge >= 0.3 is 5.97 Å². The van der Waals surface area contributed by atoms with Gasteiger partial charge in [0.25, 0.3) is 0 Å². The maximum absolute atomic E-state index is 11.1. The van der Waals surface area contributed by atoms with Gasteiger partial charge in [0, 0.05) is 11.5 Å². The average molecular weight is 300 g/mol. The Morgan fingerprint density at radius 3 is 2.71 bits per heavy atom. The van der Waals surface area contributed by atoms with Crippen molar-refractivity contribution in [2.24, 2.45) is 0 Å². The molecule has 1 aromatic heterocycles. The molecule has 5 heteroatoms. The minimum atomic E-state index is -1.12. The summed E-state index contributed by atoms with van der Waals surface area (Å²) in [6, 6.07) is 14.7. The molecule has 0 saturated carbocycles. The first kappa shape index (κ1) is 13.4. The van der Waals surface area contributed by atoms with Crippen LogP contribution in [-0.2, 0) is 0 Å². The predicted octanol–water partition coefficient (Wildman–Crippen LogP) is 4.38. The summed E-state index contributed by atoms with van der Waals surface area (Å²) >= 11 is 5.79. The predicted molar refractivity (Wildman–Crippen MR) is 80.2 cm³/mol. The van der Waals surface area contributed by atoms with Crippen molar-refractivity contribution in [2.45, 2.75) is 0 Å². The third kappa shape index (κ3) is 2.66. The number of pyridine rings is 1. The number of nitrogens with zero attached hydrogens (tertiary/aromatic N) is 1. The van der Waals surface area contributed by atoms with Crippen molar-refractivity contribution in [1.29, 1.82) is 0 Å². The summed E-state index contributed by atoms with van der Waals surface area (Å²) in [4.78, 5) is 15.1. The number of carboxylic acids is 1. The maximum atomic E-state index is 11.1. The zero-order chi connectivity index (χ0) is 14.8. The van der Waals surface area contributed by atoms with Gasteiger partial charge in [-0.05, 0) is 11.5 Å². The van der Waals surface area contributed by atoms with Crippen molar-refractivity contribution >= 4 is 28.3 Å². The van der Waals surface area contributed by atoms with Crippen LogP contribution < -0.4 is 4.74 Å². The van der Waals surface area contributed by atoms with Gasteiger partial charge < -0.3 is 9.84 Å². The van der Waals surface area contributed by atoms with Crippen LogP contribution in [0, 0.1) is 0 Å². The molecule has 0 spiro atoms. The lowest BCUT2D eigenvalue weighted by Gasteiger charge is -2.09. The highest BCUT2D eigenvalue weighted by Gasteiger charge is 2.12. The zero-order valence-electron chi connectivity index (χ0n) is 10.8. The molecule has 1 heterocycles. The van der Waals surface area contributed by atoms with Crippen LogP contribution in [0.15, 0.2) is 54.7 Å². The van der Waals surface area contributed by atoms with Gasteiger partial charge in [-0.25, -0.2) is 9.78 Å². The molecule has 2 aromatic carbocycles. The second kappa shape index (κ2) is 5.42. The molecule has 104 valence electrons. The molecule has 0 aliphatic rings. The lowest BCUT2D eigenvalue weighted by molar-refractivity contribution is 0.0696. The standard InChI is InChI=1S/C16H10ClNO3/c17-13-9-18-15(8-12(13)16(19)20)21-14-7-3-5-10-4-1-2-6-11(10)14/h1-9H,(H,19,20). The van der Waals surface area contributed by atoms with Crippen molar-refractivity contribution in [2.75, 3.05) is 0 Å². The molecule has 1 N–H and O–H groups in total. The number of halogens is 1. The average Bonchev–Trinajstić information content (AvgIpc) is 2.49. The molecule has 4 nitrogen and oxygen atoms in total. The fourth-order valence-corrected chi connectivity index (χ4v) is 2.22. The van der Waals surface area contributed by atoms with E-state index in [9.17, 15) is 4.79 Å². The highest BCUT2D eigenvalue weighted by molar-refractivity contribution is 6.33. The van der Waals surface area contributed by atoms with Gasteiger partial charge in [0.1, 0.15) is 5.75 Å². The van der Waals surface area contributed by atoms with Crippen LogP contribution in [-0.4, -0.2) is 16.1 Å². The Morgan fingerprint density at radius 1 is 1.14 bits per heavy atom. The molecule has 0 aliphatic heterocycles. The number of fused-ring (bicyclic) bond motifs is 1. The van der Waals surface area contributed by atoms with E-state index in [1.54, 1.807) is 6.07 Å². The Kier molecular flexibility index (Phi) is 3.46. The third-order valence-electron chi connectivity index (χ3n) is 3.02. The van der Waals surface area contributed by atoms with E-state index in [4.69, 9.17) is 21.4 Å². The summed E-state index contributed by atoms with van der Waals surface area (Å²) in [6.07, 6.45) is 1.27. The lowest BCUT2D eigenvalue weighted by atomic mass is 10.1. The molecule has 0 saturated heterocycles. The minimum Gasteiger partial charge on any atom is -0.478 e. The SMILES string of the molecule is O=C(O)c1cc(Oc2cccc3ccccc23)ncc1Cl. The number of aromatic carboxylic acids is 1. The van der Waals surface area contributed by atoms with Gasteiger partial charge in [-0.2, -0.15) is 0 Å². The second-order valence-electron chi connectivity index (χ2n) is 4.39. The van der Waals surface area contributed by atoms with Gasteiger partial charge in [0.15, 0.2) is 0 Å². The van der Waals surface area contributed by atoms with Gasteiger partial charge in [0.05, 0.1) is 16.8 Å². The fraction of sp³-hybridized carbons (Fsp3) is 0. The van der Waals surface area contributed by atoms with Gasteiger partial charge in [-0.15, -0.1) is 0 Å². The summed E-state index contributed by atoms with van der Waals surface area (Å²) in [6.45, 7) is 0. The van der Waals surface area contributed by atoms with Crippen molar-refractivity contribution in [3.63, 3.8) is 0 Å². The fourth-order valence-electron chi connectivity index (χ4n) is 2.04. The summed E-state index contributed by atoms with van der Waals surface area (Å²) in [5.74, 6) is -0.322. The monoisotopic (exact) mass is 299 g/mol. The first-order valence-corrected chi connectivity index (χ1v) is 6.57. The number of benzene rings is 2. The Morgan fingerprint density at radius 2 is 1.90 bits per heavy atom. The van der Waals surface area contributed by atoms with Crippen LogP contribution in [0.5, 0.6) is 11.6 Å². The van der Waals surface area contributed by atoms with E-state index >= 15 is 0 Å². The summed E-state index contributed by atoms with van der Waals surface area (Å²) in [7, 11) is 0. The number of carboxylic acid groups (broad SMARTS) is 1. The molecule has 0 amide bonds. The van der Waals surface area contributed by atoms with E-state index in [0.717, 1.165) is 10.8 Å². The normalized spacial score (nSPS) is 10.5. The van der Waals surface area contributed by atoms with E-state index in [0.29, 0.717) is 5.75 Å². The second-order valence-corrected chi connectivity index (χ2v) is 4.79. The van der Waals surface area contributed by atoms with E-state index in [1.807, 2.05) is 36.4 Å². The summed E-state index contributed by atoms with van der Waals surface area (Å²) < 4.78 is 5.70. The molecule has 21 heavy (non-hydrogen) atoms. The summed E-state index contributed by atoms with van der Waals surface area (Å²) in [5, 5.41) is 11.1. The molecular formula is C16H10ClNO3. The summed E-state index contributed by atoms with van der Waals surface area (Å²) in [5.41, 5.74) is -0.0399. The first-order valence-electron chi connectivity index (χ1n) is 6.19. The molecule has 0 unspecified atom stereocenters. The van der Waals surface area contributed by atoms with Crippen LogP contribution >= 0.6 is 11.6 Å². The first-order chi connectivity index (χ1) is 10.1. The number of carbonyl (C=O) groups is 1. The quantitative estimate of drug-likeness (QED) is 0.779. The number of hydrogen-bond donors (Lipinski definition) is 1. The van der Waals surface area contributed by atoms with Crippen LogP contribution in [0.1, 0.15) is 10.4 Å². The Hall–Kier alpha value is -2.59. The maximum Gasteiger partial charge on any atom is 0.337 e. The Labute approximate surface area is 125 Å². The van der Waals surface area contributed by atoms with Gasteiger partial charge in [-0.1, -0.05) is 48.0 Å². The lowest BCUT2D eigenvalue weighted by Crippen LogP contribution is -1.99. The van der Waals surface area contributed by atoms with Crippen LogP contribution in [0.2, 0.25) is 5.02 Å². The van der Waals surface area contributed by atoms with Crippen molar-refractivity contribution in [1.82, 2.24) is 4.98 Å². The largest absolute Gasteiger partial charge is 0.478 e. The molecule has 0 bridgehead atoms. The molecule has 0 atom stereocenters. The highest BCUT2D eigenvalue weighted by Crippen LogP contribution is 2.30. The molecule has 0 aliphatic carbocycles. The molecule has 0 fully saturated rings. The smallest absolute Gasteiger partial charge is 0.337 e. The molecule has 3 aromatic rings. The van der Waals surface area contributed by atoms with Gasteiger partial charge in [-0.3, -0.25) is 0 Å². The van der Waals surface area contributed by atoms with E-state index in [-0.39, 0.29) is 16.5 Å². The molecule has 0 radical (unpaired) electrons. The highest BCUT2D eigenvalue weighted by atomic mass is 35.5. The number of rotatable bonds is 3. The van der Waals surface area contributed by atoms with Gasteiger partial charge in [0.2, 0.25) is 5.88 Å². The van der Waals surface area contributed by atoms with Crippen LogP contribution in [0.4, 0.5) is 0 Å². The number of aromatic nitrogens is 1. The topological polar surface area (TPSA) is 59.4 Å². The molecular weight excluding hydrogens is 290 g/mol.